The number of unbranched alkanes of at least 4 members (excludes halogenated alkanes) is 2. The first-order valence-electron chi connectivity index (χ1n) is 15.6. The van der Waals surface area contributed by atoms with Crippen LogP contribution in [-0.2, 0) is 4.79 Å². The summed E-state index contributed by atoms with van der Waals surface area (Å²) in [6.07, 6.45) is 22.2. The van der Waals surface area contributed by atoms with E-state index in [0.29, 0.717) is 17.8 Å². The summed E-state index contributed by atoms with van der Waals surface area (Å²) in [4.78, 5) is 13.6. The molecule has 0 radical (unpaired) electrons. The number of halogens is 1. The number of nitrogens with zero attached hydrogens (tertiary/aromatic N) is 1. The van der Waals surface area contributed by atoms with Gasteiger partial charge in [0.15, 0.2) is 0 Å². The van der Waals surface area contributed by atoms with Crippen LogP contribution in [-0.4, -0.2) is 24.4 Å². The highest BCUT2D eigenvalue weighted by Gasteiger charge is 2.32. The molecule has 0 bridgehead atoms. The van der Waals surface area contributed by atoms with Gasteiger partial charge in [0.05, 0.1) is 0 Å². The third-order valence-electron chi connectivity index (χ3n) is 10.4. The molecule has 0 aliphatic heterocycles. The van der Waals surface area contributed by atoms with E-state index in [4.69, 9.17) is 0 Å². The van der Waals surface area contributed by atoms with Crippen LogP contribution in [0.1, 0.15) is 133 Å². The van der Waals surface area contributed by atoms with Crippen LogP contribution in [0.4, 0.5) is 4.39 Å². The average Bonchev–Trinajstić information content (AvgIpc) is 2.93. The van der Waals surface area contributed by atoms with E-state index in [-0.39, 0.29) is 11.7 Å². The molecular formula is C34H52FNO. The fraction of sp³-hybridized carbons (Fsp3) is 0.735. The highest BCUT2D eigenvalue weighted by atomic mass is 19.1. The van der Waals surface area contributed by atoms with Crippen molar-refractivity contribution < 1.29 is 9.18 Å². The first-order chi connectivity index (χ1) is 18.0. The van der Waals surface area contributed by atoms with Crippen LogP contribution in [0.5, 0.6) is 0 Å². The predicted octanol–water partition coefficient (Wildman–Crippen LogP) is 9.40. The van der Waals surface area contributed by atoms with Gasteiger partial charge in [-0.2, -0.15) is 0 Å². The van der Waals surface area contributed by atoms with E-state index in [1.165, 1.54) is 88.7 Å². The summed E-state index contributed by atoms with van der Waals surface area (Å²) in [5.41, 5.74) is 2.15. The topological polar surface area (TPSA) is 20.3 Å². The zero-order chi connectivity index (χ0) is 26.2. The van der Waals surface area contributed by atoms with Gasteiger partial charge < -0.3 is 4.90 Å². The lowest BCUT2D eigenvalue weighted by Crippen LogP contribution is -2.32. The molecule has 0 unspecified atom stereocenters. The van der Waals surface area contributed by atoms with Crippen molar-refractivity contribution in [2.75, 3.05) is 13.6 Å². The lowest BCUT2D eigenvalue weighted by Gasteiger charge is -2.38. The van der Waals surface area contributed by atoms with Crippen LogP contribution in [0.15, 0.2) is 30.9 Å². The summed E-state index contributed by atoms with van der Waals surface area (Å²) in [5.74, 6) is 4.24. The third-order valence-corrected chi connectivity index (χ3v) is 10.4. The van der Waals surface area contributed by atoms with Crippen molar-refractivity contribution in [2.45, 2.75) is 121 Å². The monoisotopic (exact) mass is 509 g/mol. The number of amides is 1. The Kier molecular flexibility index (Phi) is 10.7. The predicted molar refractivity (Wildman–Crippen MR) is 153 cm³/mol. The quantitative estimate of drug-likeness (QED) is 0.227. The van der Waals surface area contributed by atoms with Crippen molar-refractivity contribution in [3.05, 3.63) is 47.8 Å². The molecule has 3 aliphatic rings. The van der Waals surface area contributed by atoms with E-state index in [1.807, 2.05) is 13.1 Å². The van der Waals surface area contributed by atoms with E-state index in [1.54, 1.807) is 4.90 Å². The molecule has 0 saturated heterocycles. The van der Waals surface area contributed by atoms with Gasteiger partial charge in [0, 0.05) is 13.6 Å². The number of rotatable bonds is 10. The van der Waals surface area contributed by atoms with Gasteiger partial charge in [0.2, 0.25) is 5.91 Å². The minimum atomic E-state index is -0.0111. The number of likely N-dealkylation sites (N-methyl/N-ethyl adjacent to an activating group) is 1. The number of carbonyl (C=O) groups is 1. The first-order valence-corrected chi connectivity index (χ1v) is 15.6. The second-order valence-electron chi connectivity index (χ2n) is 12.8. The van der Waals surface area contributed by atoms with Crippen molar-refractivity contribution in [1.82, 2.24) is 4.90 Å². The molecule has 1 amide bonds. The molecule has 206 valence electrons. The second-order valence-corrected chi connectivity index (χ2v) is 12.8. The number of hydrogen-bond donors (Lipinski definition) is 0. The van der Waals surface area contributed by atoms with Crippen LogP contribution in [0, 0.1) is 29.5 Å². The van der Waals surface area contributed by atoms with E-state index in [0.717, 1.165) is 55.5 Å². The Bertz CT molecular complexity index is 857. The van der Waals surface area contributed by atoms with Crippen LogP contribution in [0.2, 0.25) is 0 Å². The summed E-state index contributed by atoms with van der Waals surface area (Å²) in [6, 6.07) is 6.23. The standard InChI is InChI=1S/C34H52FNO/c1-4-6-7-8-25-9-13-27(14-10-25)28-17-19-29(20-18-28)31-21-22-32(33(35)23-31)30-15-11-26(12-16-30)24-36(3)34(37)5-2/h5,21-23,25-30H,2,4,6-20,24H2,1,3H3. The molecule has 1 aromatic rings. The zero-order valence-electron chi connectivity index (χ0n) is 23.7. The smallest absolute Gasteiger partial charge is 0.245 e. The first kappa shape index (κ1) is 28.4. The molecule has 1 aromatic carbocycles. The lowest BCUT2D eigenvalue weighted by atomic mass is 9.68. The summed E-state index contributed by atoms with van der Waals surface area (Å²) < 4.78 is 15.3. The van der Waals surface area contributed by atoms with Gasteiger partial charge in [0.25, 0.3) is 0 Å². The summed E-state index contributed by atoms with van der Waals surface area (Å²) in [5, 5.41) is 0. The van der Waals surface area contributed by atoms with Crippen molar-refractivity contribution in [1.29, 1.82) is 0 Å². The summed E-state index contributed by atoms with van der Waals surface area (Å²) in [7, 11) is 1.85. The molecule has 0 heterocycles. The largest absolute Gasteiger partial charge is 0.342 e. The molecule has 0 aromatic heterocycles. The van der Waals surface area contributed by atoms with Crippen LogP contribution in [0.3, 0.4) is 0 Å². The molecular weight excluding hydrogens is 457 g/mol. The summed E-state index contributed by atoms with van der Waals surface area (Å²) >= 11 is 0. The van der Waals surface area contributed by atoms with Crippen molar-refractivity contribution in [2.24, 2.45) is 23.7 Å². The summed E-state index contributed by atoms with van der Waals surface area (Å²) in [6.45, 7) is 6.67. The minimum Gasteiger partial charge on any atom is -0.342 e. The molecule has 3 fully saturated rings. The molecule has 37 heavy (non-hydrogen) atoms. The highest BCUT2D eigenvalue weighted by Crippen LogP contribution is 2.45. The molecule has 3 heteroatoms. The van der Waals surface area contributed by atoms with E-state index >= 15 is 4.39 Å². The zero-order valence-corrected chi connectivity index (χ0v) is 23.7. The molecule has 0 atom stereocenters. The maximum atomic E-state index is 15.3. The van der Waals surface area contributed by atoms with Gasteiger partial charge in [-0.15, -0.1) is 0 Å². The molecule has 3 saturated carbocycles. The fourth-order valence-corrected chi connectivity index (χ4v) is 7.97. The molecule has 0 N–H and O–H groups in total. The maximum Gasteiger partial charge on any atom is 0.245 e. The average molecular weight is 510 g/mol. The Balaban J connectivity index is 1.21. The maximum absolute atomic E-state index is 15.3. The molecule has 2 nitrogen and oxygen atoms in total. The van der Waals surface area contributed by atoms with Gasteiger partial charge in [-0.25, -0.2) is 4.39 Å². The Hall–Kier alpha value is -1.64. The second kappa shape index (κ2) is 13.9. The number of benzene rings is 1. The van der Waals surface area contributed by atoms with Crippen LogP contribution < -0.4 is 0 Å². The Morgan fingerprint density at radius 1 is 0.892 bits per heavy atom. The Morgan fingerprint density at radius 3 is 2.08 bits per heavy atom. The van der Waals surface area contributed by atoms with E-state index in [9.17, 15) is 4.79 Å². The van der Waals surface area contributed by atoms with E-state index < -0.39 is 0 Å². The van der Waals surface area contributed by atoms with Crippen LogP contribution in [0.25, 0.3) is 0 Å². The Morgan fingerprint density at radius 2 is 1.49 bits per heavy atom. The number of carbonyl (C=O) groups excluding carboxylic acids is 1. The lowest BCUT2D eigenvalue weighted by molar-refractivity contribution is -0.125. The van der Waals surface area contributed by atoms with Crippen molar-refractivity contribution in [3.8, 4) is 0 Å². The van der Waals surface area contributed by atoms with Crippen molar-refractivity contribution >= 4 is 5.91 Å². The van der Waals surface area contributed by atoms with Gasteiger partial charge in [-0.3, -0.25) is 4.79 Å². The van der Waals surface area contributed by atoms with Gasteiger partial charge >= 0.3 is 0 Å². The molecule has 4 rings (SSSR count). The normalized spacial score (nSPS) is 30.6. The van der Waals surface area contributed by atoms with Crippen molar-refractivity contribution in [3.63, 3.8) is 0 Å². The van der Waals surface area contributed by atoms with Gasteiger partial charge in [-0.05, 0) is 123 Å². The van der Waals surface area contributed by atoms with Gasteiger partial charge in [0.1, 0.15) is 5.82 Å². The van der Waals surface area contributed by atoms with E-state index in [2.05, 4.69) is 25.6 Å². The van der Waals surface area contributed by atoms with Crippen LogP contribution >= 0.6 is 0 Å². The highest BCUT2D eigenvalue weighted by molar-refractivity contribution is 5.86. The SMILES string of the molecule is C=CC(=O)N(C)CC1CCC(c2ccc(C3CCC(C4CCC(CCCCC)CC4)CC3)cc2F)CC1. The Labute approximate surface area is 226 Å². The fourth-order valence-electron chi connectivity index (χ4n) is 7.97. The van der Waals surface area contributed by atoms with Gasteiger partial charge in [-0.1, -0.05) is 64.2 Å². The minimum absolute atomic E-state index is 0.0111. The molecule has 0 spiro atoms. The number of hydrogen-bond acceptors (Lipinski definition) is 1. The molecule has 3 aliphatic carbocycles. The third kappa shape index (κ3) is 7.70.